The van der Waals surface area contributed by atoms with Crippen LogP contribution in [0.25, 0.3) is 0 Å². The lowest BCUT2D eigenvalue weighted by Crippen LogP contribution is -2.44. The van der Waals surface area contributed by atoms with Crippen LogP contribution in [0.5, 0.6) is 0 Å². The number of anilines is 1. The van der Waals surface area contributed by atoms with E-state index in [1.165, 1.54) is 11.3 Å². The van der Waals surface area contributed by atoms with Crippen LogP contribution in [-0.2, 0) is 0 Å². The minimum absolute atomic E-state index is 0. The van der Waals surface area contributed by atoms with Gasteiger partial charge in [0.1, 0.15) is 0 Å². The van der Waals surface area contributed by atoms with Gasteiger partial charge in [-0.25, -0.2) is 0 Å². The first-order chi connectivity index (χ1) is 12.7. The summed E-state index contributed by atoms with van der Waals surface area (Å²) in [4.78, 5) is 7.23. The van der Waals surface area contributed by atoms with E-state index in [-0.39, 0.29) is 30.6 Å². The molecule has 2 rings (SSSR count). The predicted molar refractivity (Wildman–Crippen MR) is 126 cm³/mol. The first-order valence-corrected chi connectivity index (χ1v) is 10.1. The van der Waals surface area contributed by atoms with Crippen LogP contribution < -0.4 is 15.5 Å². The van der Waals surface area contributed by atoms with E-state index < -0.39 is 0 Å². The van der Waals surface area contributed by atoms with Gasteiger partial charge in [0.15, 0.2) is 5.96 Å². The van der Waals surface area contributed by atoms with Crippen molar-refractivity contribution in [3.63, 3.8) is 0 Å². The van der Waals surface area contributed by atoms with Crippen LogP contribution in [-0.4, -0.2) is 49.9 Å². The molecule has 2 unspecified atom stereocenters. The molecule has 0 amide bonds. The minimum Gasteiger partial charge on any atom is -0.396 e. The van der Waals surface area contributed by atoms with Crippen molar-refractivity contribution in [2.45, 2.75) is 52.5 Å². The van der Waals surface area contributed by atoms with Crippen molar-refractivity contribution in [3.05, 3.63) is 29.8 Å². The normalized spacial score (nSPS) is 18.1. The number of nitrogens with zero attached hydrogens (tertiary/aromatic N) is 2. The zero-order chi connectivity index (χ0) is 18.8. The Labute approximate surface area is 182 Å². The molecular formula is C21H37IN4O. The van der Waals surface area contributed by atoms with E-state index in [1.807, 2.05) is 0 Å². The molecule has 0 radical (unpaired) electrons. The third kappa shape index (κ3) is 8.25. The van der Waals surface area contributed by atoms with Crippen LogP contribution in [0.3, 0.4) is 0 Å². The Hall–Kier alpha value is -1.02. The fourth-order valence-corrected chi connectivity index (χ4v) is 3.52. The maximum atomic E-state index is 9.23. The van der Waals surface area contributed by atoms with E-state index in [0.29, 0.717) is 12.0 Å². The highest BCUT2D eigenvalue weighted by Crippen LogP contribution is 2.20. The molecule has 1 aliphatic heterocycles. The van der Waals surface area contributed by atoms with Gasteiger partial charge in [-0.15, -0.1) is 24.0 Å². The molecule has 2 atom stereocenters. The highest BCUT2D eigenvalue weighted by molar-refractivity contribution is 14.0. The summed E-state index contributed by atoms with van der Waals surface area (Å²) in [5.74, 6) is 1.37. The van der Waals surface area contributed by atoms with Crippen LogP contribution in [0.1, 0.15) is 45.1 Å². The number of aliphatic imine (C=N–C) groups is 1. The molecule has 1 fully saturated rings. The average molecular weight is 488 g/mol. The van der Waals surface area contributed by atoms with E-state index in [2.05, 4.69) is 60.6 Å². The standard InChI is InChI=1S/C21H36N4O.HI/c1-4-6-18(12-14-26)15-23-21(22-5-2)24-19-11-13-25(16-19)20-9-7-17(3)8-10-20;/h7-10,18-19,26H,4-6,11-16H2,1-3H3,(H2,22,23,24);1H. The second-order valence-corrected chi connectivity index (χ2v) is 7.30. The Balaban J connectivity index is 0.00000364. The highest BCUT2D eigenvalue weighted by Gasteiger charge is 2.23. The lowest BCUT2D eigenvalue weighted by Gasteiger charge is -2.21. The summed E-state index contributed by atoms with van der Waals surface area (Å²) < 4.78 is 0. The fraction of sp³-hybridized carbons (Fsp3) is 0.667. The van der Waals surface area contributed by atoms with Crippen molar-refractivity contribution in [2.24, 2.45) is 10.9 Å². The van der Waals surface area contributed by atoms with Gasteiger partial charge in [-0.05, 0) is 51.2 Å². The Morgan fingerprint density at radius 1 is 1.26 bits per heavy atom. The summed E-state index contributed by atoms with van der Waals surface area (Å²) in [6, 6.07) is 9.19. The van der Waals surface area contributed by atoms with Crippen LogP contribution in [0, 0.1) is 12.8 Å². The molecule has 0 spiro atoms. The second kappa shape index (κ2) is 13.2. The maximum absolute atomic E-state index is 9.23. The van der Waals surface area contributed by atoms with Gasteiger partial charge >= 0.3 is 0 Å². The predicted octanol–water partition coefficient (Wildman–Crippen LogP) is 3.55. The van der Waals surface area contributed by atoms with Gasteiger partial charge in [0.05, 0.1) is 0 Å². The zero-order valence-corrected chi connectivity index (χ0v) is 19.4. The Morgan fingerprint density at radius 2 is 2.00 bits per heavy atom. The summed E-state index contributed by atoms with van der Waals surface area (Å²) in [6.45, 7) is 10.4. The molecule has 0 aromatic heterocycles. The molecular weight excluding hydrogens is 451 g/mol. The highest BCUT2D eigenvalue weighted by atomic mass is 127. The molecule has 3 N–H and O–H groups in total. The van der Waals surface area contributed by atoms with Crippen LogP contribution in [0.15, 0.2) is 29.3 Å². The van der Waals surface area contributed by atoms with Crippen molar-refractivity contribution in [1.82, 2.24) is 10.6 Å². The molecule has 6 heteroatoms. The monoisotopic (exact) mass is 488 g/mol. The van der Waals surface area contributed by atoms with Crippen LogP contribution in [0.2, 0.25) is 0 Å². The number of halogens is 1. The molecule has 1 aliphatic rings. The van der Waals surface area contributed by atoms with Gasteiger partial charge in [-0.2, -0.15) is 0 Å². The number of hydrogen-bond donors (Lipinski definition) is 3. The van der Waals surface area contributed by atoms with Crippen LogP contribution in [0.4, 0.5) is 5.69 Å². The number of aliphatic hydroxyl groups excluding tert-OH is 1. The van der Waals surface area contributed by atoms with Crippen LogP contribution >= 0.6 is 24.0 Å². The molecule has 1 saturated heterocycles. The topological polar surface area (TPSA) is 59.9 Å². The average Bonchev–Trinajstić information content (AvgIpc) is 3.09. The third-order valence-corrected chi connectivity index (χ3v) is 5.01. The number of hydrogen-bond acceptors (Lipinski definition) is 3. The van der Waals surface area contributed by atoms with Crippen molar-refractivity contribution in [1.29, 1.82) is 0 Å². The number of nitrogens with one attached hydrogen (secondary N) is 2. The Kier molecular flexibility index (Phi) is 11.7. The van der Waals surface area contributed by atoms with Crippen molar-refractivity contribution < 1.29 is 5.11 Å². The lowest BCUT2D eigenvalue weighted by molar-refractivity contribution is 0.253. The van der Waals surface area contributed by atoms with Gasteiger partial charge in [0.2, 0.25) is 0 Å². The lowest BCUT2D eigenvalue weighted by atomic mass is 10.0. The molecule has 0 bridgehead atoms. The second-order valence-electron chi connectivity index (χ2n) is 7.30. The molecule has 1 aromatic carbocycles. The van der Waals surface area contributed by atoms with Gasteiger partial charge in [-0.3, -0.25) is 4.99 Å². The minimum atomic E-state index is 0. The summed E-state index contributed by atoms with van der Waals surface area (Å²) in [5.41, 5.74) is 2.60. The molecule has 0 saturated carbocycles. The van der Waals surface area contributed by atoms with Gasteiger partial charge in [-0.1, -0.05) is 31.0 Å². The molecule has 5 nitrogen and oxygen atoms in total. The van der Waals surface area contributed by atoms with Crippen molar-refractivity contribution in [2.75, 3.05) is 37.7 Å². The van der Waals surface area contributed by atoms with Crippen molar-refractivity contribution in [3.8, 4) is 0 Å². The summed E-state index contributed by atoms with van der Waals surface area (Å²) >= 11 is 0. The largest absolute Gasteiger partial charge is 0.396 e. The molecule has 1 heterocycles. The van der Waals surface area contributed by atoms with E-state index >= 15 is 0 Å². The molecule has 0 aliphatic carbocycles. The van der Waals surface area contributed by atoms with E-state index in [1.54, 1.807) is 0 Å². The SMILES string of the molecule is CCCC(CCO)CN=C(NCC)NC1CCN(c2ccc(C)cc2)C1.I. The Morgan fingerprint density at radius 3 is 2.63 bits per heavy atom. The number of benzene rings is 1. The third-order valence-electron chi connectivity index (χ3n) is 5.01. The number of guanidine groups is 1. The Bertz CT molecular complexity index is 544. The summed E-state index contributed by atoms with van der Waals surface area (Å²) in [7, 11) is 0. The van der Waals surface area contributed by atoms with E-state index in [0.717, 1.165) is 57.8 Å². The molecule has 154 valence electrons. The van der Waals surface area contributed by atoms with Gasteiger partial charge < -0.3 is 20.6 Å². The van der Waals surface area contributed by atoms with Gasteiger partial charge in [0.25, 0.3) is 0 Å². The fourth-order valence-electron chi connectivity index (χ4n) is 3.52. The molecule has 27 heavy (non-hydrogen) atoms. The van der Waals surface area contributed by atoms with Crippen molar-refractivity contribution >= 4 is 35.6 Å². The maximum Gasteiger partial charge on any atom is 0.191 e. The quantitative estimate of drug-likeness (QED) is 0.283. The van der Waals surface area contributed by atoms with E-state index in [9.17, 15) is 5.11 Å². The number of rotatable bonds is 9. The summed E-state index contributed by atoms with van der Waals surface area (Å²) in [5, 5.41) is 16.2. The van der Waals surface area contributed by atoms with Gasteiger partial charge in [0, 0.05) is 44.5 Å². The first-order valence-electron chi connectivity index (χ1n) is 10.1. The first kappa shape index (κ1) is 24.0. The summed E-state index contributed by atoms with van der Waals surface area (Å²) in [6.07, 6.45) is 4.21. The number of aryl methyl sites for hydroxylation is 1. The smallest absolute Gasteiger partial charge is 0.191 e. The zero-order valence-electron chi connectivity index (χ0n) is 17.1. The number of aliphatic hydroxyl groups is 1. The molecule has 1 aromatic rings. The van der Waals surface area contributed by atoms with E-state index in [4.69, 9.17) is 4.99 Å².